The largest absolute Gasteiger partial charge is 0.323 e. The van der Waals surface area contributed by atoms with E-state index in [0.717, 1.165) is 28.1 Å². The van der Waals surface area contributed by atoms with Crippen molar-refractivity contribution in [3.63, 3.8) is 0 Å². The molecule has 3 nitrogen and oxygen atoms in total. The summed E-state index contributed by atoms with van der Waals surface area (Å²) >= 11 is 14.0. The van der Waals surface area contributed by atoms with Crippen LogP contribution >= 0.6 is 35.0 Å². The van der Waals surface area contributed by atoms with Crippen LogP contribution in [-0.2, 0) is 0 Å². The summed E-state index contributed by atoms with van der Waals surface area (Å²) in [4.78, 5) is 14.6. The molecule has 1 heterocycles. The van der Waals surface area contributed by atoms with Gasteiger partial charge in [-0.2, -0.15) is 0 Å². The van der Waals surface area contributed by atoms with Gasteiger partial charge < -0.3 is 10.2 Å². The molecule has 6 heteroatoms. The van der Waals surface area contributed by atoms with Gasteiger partial charge in [0, 0.05) is 33.6 Å². The van der Waals surface area contributed by atoms with E-state index in [9.17, 15) is 4.79 Å². The fraction of sp³-hybridized carbons (Fsp3) is 0.278. The molecule has 126 valence electrons. The fourth-order valence-corrected chi connectivity index (χ4v) is 4.58. The summed E-state index contributed by atoms with van der Waals surface area (Å²) < 4.78 is 0. The second kappa shape index (κ2) is 7.26. The molecule has 2 aromatic rings. The molecule has 2 aromatic carbocycles. The minimum atomic E-state index is -0.107. The Morgan fingerprint density at radius 1 is 1.25 bits per heavy atom. The van der Waals surface area contributed by atoms with Crippen molar-refractivity contribution in [1.29, 1.82) is 0 Å². The molecule has 24 heavy (non-hydrogen) atoms. The van der Waals surface area contributed by atoms with E-state index in [1.54, 1.807) is 17.8 Å². The van der Waals surface area contributed by atoms with Crippen LogP contribution in [0.25, 0.3) is 0 Å². The number of amides is 2. The number of carbonyl (C=O) groups is 1. The number of aryl methyl sites for hydroxylation is 1. The van der Waals surface area contributed by atoms with Gasteiger partial charge in [-0.15, -0.1) is 11.8 Å². The first-order chi connectivity index (χ1) is 11.5. The Labute approximate surface area is 156 Å². The number of urea groups is 1. The molecule has 0 radical (unpaired) electrons. The number of rotatable bonds is 2. The number of benzene rings is 2. The van der Waals surface area contributed by atoms with Gasteiger partial charge in [-0.3, -0.25) is 0 Å². The summed E-state index contributed by atoms with van der Waals surface area (Å²) in [7, 11) is 0. The summed E-state index contributed by atoms with van der Waals surface area (Å²) in [6, 6.07) is 11.2. The lowest BCUT2D eigenvalue weighted by atomic mass is 10.1. The van der Waals surface area contributed by atoms with Crippen molar-refractivity contribution in [3.05, 3.63) is 63.1 Å². The molecule has 0 spiro atoms. The van der Waals surface area contributed by atoms with Crippen LogP contribution in [0, 0.1) is 13.8 Å². The van der Waals surface area contributed by atoms with Gasteiger partial charge in [-0.05, 0) is 43.2 Å². The lowest BCUT2D eigenvalue weighted by molar-refractivity contribution is 0.214. The molecule has 1 saturated heterocycles. The van der Waals surface area contributed by atoms with Crippen molar-refractivity contribution in [1.82, 2.24) is 4.90 Å². The maximum absolute atomic E-state index is 12.8. The Hall–Kier alpha value is -1.36. The van der Waals surface area contributed by atoms with Gasteiger partial charge in [-0.1, -0.05) is 41.4 Å². The summed E-state index contributed by atoms with van der Waals surface area (Å²) in [5.74, 6) is 0.879. The van der Waals surface area contributed by atoms with E-state index in [0.29, 0.717) is 16.6 Å². The third kappa shape index (κ3) is 3.51. The van der Waals surface area contributed by atoms with Crippen LogP contribution in [0.1, 0.15) is 22.1 Å². The maximum atomic E-state index is 12.8. The van der Waals surface area contributed by atoms with Crippen molar-refractivity contribution in [3.8, 4) is 0 Å². The van der Waals surface area contributed by atoms with Gasteiger partial charge in [0.2, 0.25) is 0 Å². The topological polar surface area (TPSA) is 32.3 Å². The second-order valence-electron chi connectivity index (χ2n) is 5.76. The fourth-order valence-electron chi connectivity index (χ4n) is 2.71. The smallest absolute Gasteiger partial charge is 0.308 e. The predicted octanol–water partition coefficient (Wildman–Crippen LogP) is 5.89. The molecule has 0 saturated carbocycles. The van der Waals surface area contributed by atoms with Gasteiger partial charge >= 0.3 is 6.03 Å². The SMILES string of the molecule is Cc1cccc(NC(=O)N2CCS[C@H]2c2ccc(Cl)cc2Cl)c1C. The molecule has 1 aliphatic rings. The van der Waals surface area contributed by atoms with Crippen LogP contribution in [0.2, 0.25) is 10.0 Å². The average Bonchev–Trinajstić information content (AvgIpc) is 3.01. The highest BCUT2D eigenvalue weighted by atomic mass is 35.5. The highest BCUT2D eigenvalue weighted by molar-refractivity contribution is 7.99. The Bertz CT molecular complexity index is 782. The van der Waals surface area contributed by atoms with Gasteiger partial charge in [0.05, 0.1) is 0 Å². The molecule has 3 rings (SSSR count). The first-order valence-electron chi connectivity index (χ1n) is 7.68. The Balaban J connectivity index is 1.82. The zero-order valence-electron chi connectivity index (χ0n) is 13.5. The van der Waals surface area contributed by atoms with Crippen LogP contribution in [-0.4, -0.2) is 23.2 Å². The number of thioether (sulfide) groups is 1. The van der Waals surface area contributed by atoms with Crippen LogP contribution in [0.5, 0.6) is 0 Å². The highest BCUT2D eigenvalue weighted by Crippen LogP contribution is 2.41. The normalized spacial score (nSPS) is 17.2. The summed E-state index contributed by atoms with van der Waals surface area (Å²) in [5, 5.41) is 4.12. The summed E-state index contributed by atoms with van der Waals surface area (Å²) in [5.41, 5.74) is 4.00. The molecule has 0 aliphatic carbocycles. The minimum Gasteiger partial charge on any atom is -0.308 e. The summed E-state index contributed by atoms with van der Waals surface area (Å²) in [6.45, 7) is 4.73. The Kier molecular flexibility index (Phi) is 5.28. The van der Waals surface area contributed by atoms with Crippen LogP contribution in [0.3, 0.4) is 0 Å². The van der Waals surface area contributed by atoms with Gasteiger partial charge in [-0.25, -0.2) is 4.79 Å². The number of anilines is 1. The zero-order valence-corrected chi connectivity index (χ0v) is 15.8. The Morgan fingerprint density at radius 2 is 2.04 bits per heavy atom. The van der Waals surface area contributed by atoms with Crippen molar-refractivity contribution < 1.29 is 4.79 Å². The van der Waals surface area contributed by atoms with E-state index in [1.165, 1.54) is 0 Å². The van der Waals surface area contributed by atoms with Crippen molar-refractivity contribution >= 4 is 46.7 Å². The van der Waals surface area contributed by atoms with Crippen LogP contribution in [0.15, 0.2) is 36.4 Å². The molecule has 1 fully saturated rings. The number of hydrogen-bond acceptors (Lipinski definition) is 2. The first-order valence-corrected chi connectivity index (χ1v) is 9.48. The van der Waals surface area contributed by atoms with Crippen molar-refractivity contribution in [2.24, 2.45) is 0 Å². The number of halogens is 2. The molecule has 0 bridgehead atoms. The average molecular weight is 381 g/mol. The monoisotopic (exact) mass is 380 g/mol. The van der Waals surface area contributed by atoms with E-state index < -0.39 is 0 Å². The van der Waals surface area contributed by atoms with Crippen LogP contribution < -0.4 is 5.32 Å². The van der Waals surface area contributed by atoms with Crippen molar-refractivity contribution in [2.75, 3.05) is 17.6 Å². The maximum Gasteiger partial charge on any atom is 0.323 e. The second-order valence-corrected chi connectivity index (χ2v) is 7.79. The minimum absolute atomic E-state index is 0.0973. The van der Waals surface area contributed by atoms with Gasteiger partial charge in [0.15, 0.2) is 0 Å². The van der Waals surface area contributed by atoms with Gasteiger partial charge in [0.1, 0.15) is 5.37 Å². The molecule has 1 aliphatic heterocycles. The van der Waals surface area contributed by atoms with E-state index in [1.807, 2.05) is 49.1 Å². The van der Waals surface area contributed by atoms with E-state index >= 15 is 0 Å². The number of carbonyl (C=O) groups excluding carboxylic acids is 1. The third-order valence-electron chi connectivity index (χ3n) is 4.23. The highest BCUT2D eigenvalue weighted by Gasteiger charge is 2.32. The van der Waals surface area contributed by atoms with E-state index in [4.69, 9.17) is 23.2 Å². The number of nitrogens with one attached hydrogen (secondary N) is 1. The molecule has 0 unspecified atom stereocenters. The summed E-state index contributed by atoms with van der Waals surface area (Å²) in [6.07, 6.45) is 0. The van der Waals surface area contributed by atoms with Crippen LogP contribution in [0.4, 0.5) is 10.5 Å². The number of hydrogen-bond donors (Lipinski definition) is 1. The predicted molar refractivity (Wildman–Crippen MR) is 103 cm³/mol. The third-order valence-corrected chi connectivity index (χ3v) is 6.03. The standard InChI is InChI=1S/C18H18Cl2N2OS/c1-11-4-3-5-16(12(11)2)21-18(23)22-8-9-24-17(22)14-7-6-13(19)10-15(14)20/h3-7,10,17H,8-9H2,1-2H3,(H,21,23)/t17-/m0/s1. The van der Waals surface area contributed by atoms with Gasteiger partial charge in [0.25, 0.3) is 0 Å². The first kappa shape index (κ1) is 17.5. The lowest BCUT2D eigenvalue weighted by Gasteiger charge is -2.25. The zero-order chi connectivity index (χ0) is 17.3. The van der Waals surface area contributed by atoms with E-state index in [2.05, 4.69) is 5.32 Å². The molecule has 0 aromatic heterocycles. The Morgan fingerprint density at radius 3 is 2.79 bits per heavy atom. The molecule has 1 N–H and O–H groups in total. The van der Waals surface area contributed by atoms with E-state index in [-0.39, 0.29) is 11.4 Å². The van der Waals surface area contributed by atoms with Crippen molar-refractivity contribution in [2.45, 2.75) is 19.2 Å². The molecule has 2 amide bonds. The molecule has 1 atom stereocenters. The molecular formula is C18H18Cl2N2OS. The lowest BCUT2D eigenvalue weighted by Crippen LogP contribution is -2.34. The number of nitrogens with zero attached hydrogens (tertiary/aromatic N) is 1. The molecular weight excluding hydrogens is 363 g/mol. The quantitative estimate of drug-likeness (QED) is 0.704.